The average molecular weight is 411 g/mol. The minimum Gasteiger partial charge on any atom is -0.475 e. The number of rotatable bonds is 4. The van der Waals surface area contributed by atoms with Gasteiger partial charge in [0.2, 0.25) is 5.88 Å². The molecule has 0 aliphatic heterocycles. The maximum Gasteiger partial charge on any atom is 0.417 e. The number of ether oxygens (including phenoxy) is 1. The highest BCUT2D eigenvalue weighted by Gasteiger charge is 2.31. The van der Waals surface area contributed by atoms with Crippen LogP contribution in [0.15, 0.2) is 17.3 Å². The predicted molar refractivity (Wildman–Crippen MR) is 75.8 cm³/mol. The second-order valence-corrected chi connectivity index (χ2v) is 3.57. The number of hydrogen-bond acceptors (Lipinski definition) is 3. The van der Waals surface area contributed by atoms with Crippen LogP contribution in [0.25, 0.3) is 0 Å². The fourth-order valence-electron chi connectivity index (χ4n) is 1.00. The van der Waals surface area contributed by atoms with Gasteiger partial charge in [-0.25, -0.2) is 4.98 Å². The normalized spacial score (nSPS) is 10.5. The van der Waals surface area contributed by atoms with Gasteiger partial charge in [0.15, 0.2) is 5.96 Å². The summed E-state index contributed by atoms with van der Waals surface area (Å²) in [5.74, 6) is -0.208. The number of halogens is 5. The number of aromatic nitrogens is 1. The fraction of sp³-hybridized carbons (Fsp3) is 0.333. The van der Waals surface area contributed by atoms with Crippen molar-refractivity contribution in [2.75, 3.05) is 13.2 Å². The molecular weight excluding hydrogens is 399 g/mol. The van der Waals surface area contributed by atoms with Crippen LogP contribution in [-0.2, 0) is 6.18 Å². The van der Waals surface area contributed by atoms with E-state index in [9.17, 15) is 13.2 Å². The summed E-state index contributed by atoms with van der Waals surface area (Å²) in [7, 11) is 0. The van der Waals surface area contributed by atoms with Crippen molar-refractivity contribution < 1.29 is 17.9 Å². The first-order valence-electron chi connectivity index (χ1n) is 4.71. The molecule has 1 aromatic heterocycles. The number of guanidine groups is 1. The molecule has 108 valence electrons. The molecular formula is C9H11ClF3IN4O. The molecule has 1 heterocycles. The SMILES string of the molecule is I.NC(N)=NCCOc1ncc(C(F)(F)F)cc1Cl. The molecule has 0 aliphatic rings. The van der Waals surface area contributed by atoms with Crippen LogP contribution in [0.2, 0.25) is 5.02 Å². The Kier molecular flexibility index (Phi) is 7.19. The summed E-state index contributed by atoms with van der Waals surface area (Å²) in [4.78, 5) is 7.10. The zero-order chi connectivity index (χ0) is 13.8. The van der Waals surface area contributed by atoms with E-state index < -0.39 is 11.7 Å². The van der Waals surface area contributed by atoms with Crippen molar-refractivity contribution in [3.63, 3.8) is 0 Å². The molecule has 0 bridgehead atoms. The van der Waals surface area contributed by atoms with Gasteiger partial charge in [0.05, 0.1) is 12.1 Å². The van der Waals surface area contributed by atoms with Gasteiger partial charge in [-0.15, -0.1) is 24.0 Å². The van der Waals surface area contributed by atoms with Crippen LogP contribution in [-0.4, -0.2) is 24.1 Å². The maximum absolute atomic E-state index is 12.3. The van der Waals surface area contributed by atoms with Gasteiger partial charge >= 0.3 is 6.18 Å². The van der Waals surface area contributed by atoms with E-state index in [1.54, 1.807) is 0 Å². The quantitative estimate of drug-likeness (QED) is 0.344. The van der Waals surface area contributed by atoms with Crippen molar-refractivity contribution in [2.24, 2.45) is 16.5 Å². The summed E-state index contributed by atoms with van der Waals surface area (Å²) < 4.78 is 42.0. The van der Waals surface area contributed by atoms with Crippen LogP contribution < -0.4 is 16.2 Å². The van der Waals surface area contributed by atoms with Crippen molar-refractivity contribution in [1.82, 2.24) is 4.98 Å². The smallest absolute Gasteiger partial charge is 0.417 e. The Morgan fingerprint density at radius 1 is 1.42 bits per heavy atom. The van der Waals surface area contributed by atoms with E-state index in [0.717, 1.165) is 6.07 Å². The molecule has 19 heavy (non-hydrogen) atoms. The van der Waals surface area contributed by atoms with Gasteiger partial charge in [-0.05, 0) is 6.07 Å². The molecule has 0 amide bonds. The fourth-order valence-corrected chi connectivity index (χ4v) is 1.22. The van der Waals surface area contributed by atoms with Crippen LogP contribution >= 0.6 is 35.6 Å². The monoisotopic (exact) mass is 410 g/mol. The Balaban J connectivity index is 0.00000324. The first kappa shape index (κ1) is 18.0. The van der Waals surface area contributed by atoms with Gasteiger partial charge in [-0.3, -0.25) is 4.99 Å². The second-order valence-electron chi connectivity index (χ2n) is 3.16. The molecule has 0 atom stereocenters. The third-order valence-electron chi connectivity index (χ3n) is 1.76. The molecule has 4 N–H and O–H groups in total. The van der Waals surface area contributed by atoms with Crippen LogP contribution in [0, 0.1) is 0 Å². The van der Waals surface area contributed by atoms with Gasteiger partial charge in [0.1, 0.15) is 11.6 Å². The molecule has 5 nitrogen and oxygen atoms in total. The number of pyridine rings is 1. The van der Waals surface area contributed by atoms with Crippen LogP contribution in [0.5, 0.6) is 5.88 Å². The molecule has 0 saturated carbocycles. The number of aliphatic imine (C=N–C) groups is 1. The van der Waals surface area contributed by atoms with Crippen LogP contribution in [0.1, 0.15) is 5.56 Å². The zero-order valence-electron chi connectivity index (χ0n) is 9.45. The van der Waals surface area contributed by atoms with E-state index in [2.05, 4.69) is 9.98 Å². The zero-order valence-corrected chi connectivity index (χ0v) is 12.5. The van der Waals surface area contributed by atoms with Crippen LogP contribution in [0.3, 0.4) is 0 Å². The van der Waals surface area contributed by atoms with Crippen molar-refractivity contribution in [2.45, 2.75) is 6.18 Å². The average Bonchev–Trinajstić information content (AvgIpc) is 2.24. The van der Waals surface area contributed by atoms with Gasteiger partial charge in [0, 0.05) is 6.20 Å². The van der Waals surface area contributed by atoms with Crippen molar-refractivity contribution in [3.05, 3.63) is 22.8 Å². The molecule has 1 rings (SSSR count). The lowest BCUT2D eigenvalue weighted by atomic mass is 10.3. The molecule has 0 fully saturated rings. The highest BCUT2D eigenvalue weighted by atomic mass is 127. The molecule has 0 unspecified atom stereocenters. The Labute approximate surface area is 129 Å². The lowest BCUT2D eigenvalue weighted by Crippen LogP contribution is -2.23. The van der Waals surface area contributed by atoms with Crippen molar-refractivity contribution in [1.29, 1.82) is 0 Å². The number of hydrogen-bond donors (Lipinski definition) is 2. The molecule has 0 spiro atoms. The van der Waals surface area contributed by atoms with Gasteiger partial charge in [0.25, 0.3) is 0 Å². The van der Waals surface area contributed by atoms with E-state index >= 15 is 0 Å². The van der Waals surface area contributed by atoms with E-state index in [4.69, 9.17) is 27.8 Å². The Hall–Kier alpha value is -0.970. The third-order valence-corrected chi connectivity index (χ3v) is 2.03. The summed E-state index contributed by atoms with van der Waals surface area (Å²) in [6.45, 7) is 0.206. The van der Waals surface area contributed by atoms with Gasteiger partial charge in [-0.2, -0.15) is 13.2 Å². The van der Waals surface area contributed by atoms with Gasteiger partial charge in [-0.1, -0.05) is 11.6 Å². The van der Waals surface area contributed by atoms with Crippen molar-refractivity contribution in [3.8, 4) is 5.88 Å². The molecule has 0 aromatic carbocycles. The van der Waals surface area contributed by atoms with E-state index in [0.29, 0.717) is 6.20 Å². The standard InChI is InChI=1S/C9H10ClF3N4O.HI/c10-6-3-5(9(11,12)13)4-17-7(6)18-2-1-16-8(14)15;/h3-4H,1-2H2,(H4,14,15,16);1H. The molecule has 10 heteroatoms. The molecule has 0 aliphatic carbocycles. The summed E-state index contributed by atoms with van der Waals surface area (Å²) in [6.07, 6.45) is -3.85. The lowest BCUT2D eigenvalue weighted by Gasteiger charge is -2.09. The molecule has 0 radical (unpaired) electrons. The third kappa shape index (κ3) is 6.14. The Morgan fingerprint density at radius 2 is 2.05 bits per heavy atom. The summed E-state index contributed by atoms with van der Waals surface area (Å²) in [5, 5.41) is -0.227. The highest BCUT2D eigenvalue weighted by molar-refractivity contribution is 14.0. The molecule has 0 saturated heterocycles. The molecule has 1 aromatic rings. The van der Waals surface area contributed by atoms with E-state index in [1.807, 2.05) is 0 Å². The lowest BCUT2D eigenvalue weighted by molar-refractivity contribution is -0.137. The Bertz CT molecular complexity index is 452. The highest BCUT2D eigenvalue weighted by Crippen LogP contribution is 2.32. The van der Waals surface area contributed by atoms with Crippen molar-refractivity contribution >= 4 is 41.5 Å². The summed E-state index contributed by atoms with van der Waals surface area (Å²) >= 11 is 5.60. The van der Waals surface area contributed by atoms with Crippen LogP contribution in [0.4, 0.5) is 13.2 Å². The first-order chi connectivity index (χ1) is 8.30. The van der Waals surface area contributed by atoms with E-state index in [-0.39, 0.29) is 54.0 Å². The Morgan fingerprint density at radius 3 is 2.53 bits per heavy atom. The van der Waals surface area contributed by atoms with Gasteiger partial charge < -0.3 is 16.2 Å². The second kappa shape index (κ2) is 7.58. The summed E-state index contributed by atoms with van der Waals surface area (Å²) in [5.41, 5.74) is 9.21. The maximum atomic E-state index is 12.3. The largest absolute Gasteiger partial charge is 0.475 e. The number of nitrogens with zero attached hydrogens (tertiary/aromatic N) is 2. The number of alkyl halides is 3. The minimum absolute atomic E-state index is 0. The first-order valence-corrected chi connectivity index (χ1v) is 5.09. The summed E-state index contributed by atoms with van der Waals surface area (Å²) in [6, 6.07) is 0.741. The number of nitrogens with two attached hydrogens (primary N) is 2. The minimum atomic E-state index is -4.49. The van der Waals surface area contributed by atoms with E-state index in [1.165, 1.54) is 0 Å². The topological polar surface area (TPSA) is 86.5 Å². The predicted octanol–water partition coefficient (Wildman–Crippen LogP) is 2.02.